The fourth-order valence-electron chi connectivity index (χ4n) is 5.66. The first-order valence-electron chi connectivity index (χ1n) is 13.7. The summed E-state index contributed by atoms with van der Waals surface area (Å²) in [7, 11) is 0. The van der Waals surface area contributed by atoms with Crippen LogP contribution in [0.4, 0.5) is 5.82 Å². The van der Waals surface area contributed by atoms with Crippen LogP contribution in [0.3, 0.4) is 0 Å². The lowest BCUT2D eigenvalue weighted by Crippen LogP contribution is -3.15. The van der Waals surface area contributed by atoms with Crippen molar-refractivity contribution in [1.29, 1.82) is 0 Å². The number of quaternary nitrogens is 1. The number of benzene rings is 3. The number of hydrogen-bond acceptors (Lipinski definition) is 3. The molecule has 0 saturated carbocycles. The molecule has 3 aromatic carbocycles. The Morgan fingerprint density at radius 1 is 0.821 bits per heavy atom. The molecule has 1 aliphatic rings. The number of nitrogens with one attached hydrogen (secondary N) is 1. The van der Waals surface area contributed by atoms with Gasteiger partial charge in [0.15, 0.2) is 5.65 Å². The maximum Gasteiger partial charge on any atom is 0.165 e. The first-order chi connectivity index (χ1) is 18.9. The van der Waals surface area contributed by atoms with Crippen LogP contribution in [-0.2, 0) is 5.41 Å². The Kier molecular flexibility index (Phi) is 6.88. The summed E-state index contributed by atoms with van der Waals surface area (Å²) in [6.07, 6.45) is 1.93. The van der Waals surface area contributed by atoms with Crippen LogP contribution in [-0.4, -0.2) is 40.8 Å². The fourth-order valence-corrected chi connectivity index (χ4v) is 5.78. The molecule has 39 heavy (non-hydrogen) atoms. The van der Waals surface area contributed by atoms with Gasteiger partial charge in [-0.15, -0.1) is 0 Å². The highest BCUT2D eigenvalue weighted by Crippen LogP contribution is 2.31. The predicted molar refractivity (Wildman–Crippen MR) is 160 cm³/mol. The first-order valence-corrected chi connectivity index (χ1v) is 14.1. The molecule has 2 aromatic heterocycles. The second-order valence-corrected chi connectivity index (χ2v) is 11.9. The molecule has 1 aliphatic heterocycles. The van der Waals surface area contributed by atoms with Crippen molar-refractivity contribution in [3.63, 3.8) is 0 Å². The molecule has 3 heterocycles. The highest BCUT2D eigenvalue weighted by atomic mass is 35.5. The smallest absolute Gasteiger partial charge is 0.165 e. The van der Waals surface area contributed by atoms with Gasteiger partial charge in [-0.1, -0.05) is 105 Å². The Morgan fingerprint density at radius 2 is 1.41 bits per heavy atom. The lowest BCUT2D eigenvalue weighted by atomic mass is 9.91. The third kappa shape index (κ3) is 5.17. The number of hydrogen-bond donors (Lipinski definition) is 1. The van der Waals surface area contributed by atoms with Crippen molar-refractivity contribution >= 4 is 23.1 Å². The van der Waals surface area contributed by atoms with E-state index in [2.05, 4.69) is 92.4 Å². The van der Waals surface area contributed by atoms with Gasteiger partial charge in [0.05, 0.1) is 38.1 Å². The lowest BCUT2D eigenvalue weighted by molar-refractivity contribution is -0.926. The fraction of sp³-hybridized carbons (Fsp3) is 0.273. The number of fused-ring (bicyclic) bond motifs is 1. The molecule has 0 amide bonds. The van der Waals surface area contributed by atoms with Crippen LogP contribution in [0.5, 0.6) is 0 Å². The second kappa shape index (κ2) is 10.5. The normalized spacial score (nSPS) is 14.8. The largest absolute Gasteiger partial charge is 0.345 e. The third-order valence-electron chi connectivity index (χ3n) is 7.78. The van der Waals surface area contributed by atoms with E-state index in [1.165, 1.54) is 11.1 Å². The van der Waals surface area contributed by atoms with E-state index in [1.54, 1.807) is 4.90 Å². The summed E-state index contributed by atoms with van der Waals surface area (Å²) < 4.78 is 2.02. The van der Waals surface area contributed by atoms with Crippen LogP contribution in [0.25, 0.3) is 16.8 Å². The monoisotopic (exact) mass is 536 g/mol. The van der Waals surface area contributed by atoms with E-state index in [0.717, 1.165) is 59.5 Å². The van der Waals surface area contributed by atoms with Gasteiger partial charge in [0.2, 0.25) is 0 Å². The van der Waals surface area contributed by atoms with Gasteiger partial charge in [0.25, 0.3) is 0 Å². The molecular weight excluding hydrogens is 502 g/mol. The molecule has 0 unspecified atom stereocenters. The molecule has 1 fully saturated rings. The van der Waals surface area contributed by atoms with E-state index in [1.807, 2.05) is 35.0 Å². The van der Waals surface area contributed by atoms with Gasteiger partial charge in [-0.25, -0.2) is 4.98 Å². The highest BCUT2D eigenvalue weighted by Gasteiger charge is 2.32. The Balaban J connectivity index is 1.34. The summed E-state index contributed by atoms with van der Waals surface area (Å²) in [6, 6.07) is 32.4. The van der Waals surface area contributed by atoms with Crippen molar-refractivity contribution in [2.75, 3.05) is 31.1 Å². The number of anilines is 1. The van der Waals surface area contributed by atoms with Crippen molar-refractivity contribution in [3.8, 4) is 11.1 Å². The van der Waals surface area contributed by atoms with Crippen LogP contribution in [0.2, 0.25) is 5.02 Å². The van der Waals surface area contributed by atoms with Crippen LogP contribution >= 0.6 is 11.6 Å². The molecule has 0 aliphatic carbocycles. The highest BCUT2D eigenvalue weighted by molar-refractivity contribution is 6.30. The topological polar surface area (TPSA) is 37.9 Å². The average Bonchev–Trinajstić information content (AvgIpc) is 3.39. The van der Waals surface area contributed by atoms with Crippen molar-refractivity contribution in [2.45, 2.75) is 32.2 Å². The van der Waals surface area contributed by atoms with E-state index in [0.29, 0.717) is 6.04 Å². The first kappa shape index (κ1) is 25.6. The van der Waals surface area contributed by atoms with Crippen molar-refractivity contribution in [3.05, 3.63) is 119 Å². The maximum atomic E-state index is 6.17. The molecule has 0 radical (unpaired) electrons. The molecule has 0 atom stereocenters. The summed E-state index contributed by atoms with van der Waals surface area (Å²) in [5, 5.41) is 5.56. The number of rotatable bonds is 5. The van der Waals surface area contributed by atoms with Gasteiger partial charge in [-0.2, -0.15) is 9.61 Å². The number of piperazine rings is 1. The average molecular weight is 537 g/mol. The van der Waals surface area contributed by atoms with E-state index in [-0.39, 0.29) is 5.41 Å². The molecule has 6 rings (SSSR count). The Bertz CT molecular complexity index is 1510. The van der Waals surface area contributed by atoms with Gasteiger partial charge in [-0.05, 0) is 17.7 Å². The zero-order valence-electron chi connectivity index (χ0n) is 22.8. The van der Waals surface area contributed by atoms with Crippen molar-refractivity contribution < 1.29 is 4.90 Å². The van der Waals surface area contributed by atoms with Crippen LogP contribution in [0.1, 0.15) is 43.6 Å². The van der Waals surface area contributed by atoms with E-state index < -0.39 is 0 Å². The standard InChI is InChI=1S/C33H34ClN5/c1-33(2,3)29-22-30(39-32(36-29)28(23-35-39)24-14-16-27(34)17-15-24)37-18-20-38(21-19-37)31(25-10-6-4-7-11-25)26-12-8-5-9-13-26/h4-17,22-23,31H,18-21H2,1-3H3/p+1. The van der Waals surface area contributed by atoms with Gasteiger partial charge in [-0.3, -0.25) is 0 Å². The molecular formula is C33H35ClN5+. The van der Waals surface area contributed by atoms with Gasteiger partial charge in [0.1, 0.15) is 11.9 Å². The van der Waals surface area contributed by atoms with Gasteiger partial charge >= 0.3 is 0 Å². The quantitative estimate of drug-likeness (QED) is 0.306. The number of halogens is 1. The molecule has 6 heteroatoms. The molecule has 198 valence electrons. The summed E-state index contributed by atoms with van der Waals surface area (Å²) in [5.74, 6) is 1.11. The summed E-state index contributed by atoms with van der Waals surface area (Å²) in [4.78, 5) is 9.19. The molecule has 1 saturated heterocycles. The van der Waals surface area contributed by atoms with Crippen LogP contribution < -0.4 is 9.80 Å². The second-order valence-electron chi connectivity index (χ2n) is 11.4. The van der Waals surface area contributed by atoms with E-state index in [4.69, 9.17) is 21.7 Å². The molecule has 0 bridgehead atoms. The third-order valence-corrected chi connectivity index (χ3v) is 8.03. The Labute approximate surface area is 235 Å². The van der Waals surface area contributed by atoms with Gasteiger partial charge in [0, 0.05) is 33.2 Å². The van der Waals surface area contributed by atoms with Crippen molar-refractivity contribution in [2.24, 2.45) is 0 Å². The minimum Gasteiger partial charge on any atom is -0.345 e. The lowest BCUT2D eigenvalue weighted by Gasteiger charge is -2.38. The zero-order valence-corrected chi connectivity index (χ0v) is 23.6. The van der Waals surface area contributed by atoms with Crippen molar-refractivity contribution in [1.82, 2.24) is 14.6 Å². The molecule has 0 spiro atoms. The van der Waals surface area contributed by atoms with Crippen LogP contribution in [0.15, 0.2) is 97.2 Å². The molecule has 5 aromatic rings. The van der Waals surface area contributed by atoms with E-state index in [9.17, 15) is 0 Å². The molecule has 1 N–H and O–H groups in total. The predicted octanol–water partition coefficient (Wildman–Crippen LogP) is 5.84. The van der Waals surface area contributed by atoms with E-state index >= 15 is 0 Å². The Hall–Kier alpha value is -3.67. The Morgan fingerprint density at radius 3 is 1.97 bits per heavy atom. The minimum atomic E-state index is -0.0865. The SMILES string of the molecule is CC(C)(C)c1cc(N2CC[NH+](C(c3ccccc3)c3ccccc3)CC2)n2ncc(-c3ccc(Cl)cc3)c2n1. The minimum absolute atomic E-state index is 0.0865. The van der Waals surface area contributed by atoms with Crippen LogP contribution in [0, 0.1) is 0 Å². The summed E-state index contributed by atoms with van der Waals surface area (Å²) in [6.45, 7) is 10.6. The summed E-state index contributed by atoms with van der Waals surface area (Å²) >= 11 is 6.17. The molecule has 5 nitrogen and oxygen atoms in total. The zero-order chi connectivity index (χ0) is 27.0. The maximum absolute atomic E-state index is 6.17. The summed E-state index contributed by atoms with van der Waals surface area (Å²) in [5.41, 5.74) is 6.71. The number of aromatic nitrogens is 3. The number of nitrogens with zero attached hydrogens (tertiary/aromatic N) is 4. The van der Waals surface area contributed by atoms with Gasteiger partial charge < -0.3 is 9.80 Å².